The highest BCUT2D eigenvalue weighted by atomic mass is 19.1. The van der Waals surface area contributed by atoms with E-state index >= 15 is 0 Å². The zero-order chi connectivity index (χ0) is 12.4. The number of nitrogens with one attached hydrogen (secondary N) is 1. The van der Waals surface area contributed by atoms with E-state index in [0.29, 0.717) is 5.92 Å². The van der Waals surface area contributed by atoms with Crippen LogP contribution in [0.3, 0.4) is 0 Å². The van der Waals surface area contributed by atoms with Gasteiger partial charge in [0.1, 0.15) is 11.6 Å². The molecule has 0 bridgehead atoms. The summed E-state index contributed by atoms with van der Waals surface area (Å²) in [5, 5.41) is 12.3. The molecule has 0 saturated heterocycles. The first-order valence-electron chi connectivity index (χ1n) is 5.91. The Kier molecular flexibility index (Phi) is 3.31. The Labute approximate surface area is 99.7 Å². The number of hydrogen-bond donors (Lipinski definition) is 2. The van der Waals surface area contributed by atoms with Crippen molar-refractivity contribution in [3.05, 3.63) is 29.6 Å². The van der Waals surface area contributed by atoms with Crippen LogP contribution in [0.2, 0.25) is 0 Å². The lowest BCUT2D eigenvalue weighted by molar-refractivity contribution is 0.0945. The highest BCUT2D eigenvalue weighted by Crippen LogP contribution is 2.35. The molecule has 0 aliphatic heterocycles. The van der Waals surface area contributed by atoms with Gasteiger partial charge >= 0.3 is 0 Å². The van der Waals surface area contributed by atoms with E-state index in [1.807, 2.05) is 0 Å². The minimum Gasteiger partial charge on any atom is -0.507 e. The summed E-state index contributed by atoms with van der Waals surface area (Å²) in [7, 11) is 0. The Bertz CT molecular complexity index is 433. The minimum absolute atomic E-state index is 0.00662. The largest absolute Gasteiger partial charge is 0.507 e. The molecule has 1 aliphatic carbocycles. The van der Waals surface area contributed by atoms with Crippen LogP contribution in [0.4, 0.5) is 4.39 Å². The highest BCUT2D eigenvalue weighted by molar-refractivity contribution is 5.97. The Hall–Kier alpha value is -1.58. The normalized spacial score (nSPS) is 22.2. The van der Waals surface area contributed by atoms with Crippen LogP contribution >= 0.6 is 0 Å². The molecule has 1 amide bonds. The fourth-order valence-electron chi connectivity index (χ4n) is 2.05. The standard InChI is InChI=1S/C13H16FNO2/c1-2-3-8-6-11(8)15-13(17)10-7-9(14)4-5-12(10)16/h4-5,7-8,11,16H,2-3,6H2,1H3,(H,15,17). The fraction of sp³-hybridized carbons (Fsp3) is 0.462. The fourth-order valence-corrected chi connectivity index (χ4v) is 2.05. The molecule has 1 aliphatic rings. The number of hydrogen-bond acceptors (Lipinski definition) is 2. The topological polar surface area (TPSA) is 49.3 Å². The van der Waals surface area contributed by atoms with Gasteiger partial charge in [0.2, 0.25) is 0 Å². The molecule has 17 heavy (non-hydrogen) atoms. The van der Waals surface area contributed by atoms with Crippen molar-refractivity contribution >= 4 is 5.91 Å². The van der Waals surface area contributed by atoms with Crippen molar-refractivity contribution in [1.82, 2.24) is 5.32 Å². The number of halogens is 1. The van der Waals surface area contributed by atoms with Gasteiger partial charge in [-0.05, 0) is 37.0 Å². The monoisotopic (exact) mass is 237 g/mol. The Morgan fingerprint density at radius 3 is 3.06 bits per heavy atom. The molecule has 0 aromatic heterocycles. The number of rotatable bonds is 4. The molecule has 0 spiro atoms. The SMILES string of the molecule is CCCC1CC1NC(=O)c1cc(F)ccc1O. The molecular weight excluding hydrogens is 221 g/mol. The summed E-state index contributed by atoms with van der Waals surface area (Å²) in [5.74, 6) is -0.560. The molecule has 0 heterocycles. The molecule has 92 valence electrons. The first-order chi connectivity index (χ1) is 8.11. The molecule has 1 aromatic carbocycles. The summed E-state index contributed by atoms with van der Waals surface area (Å²) in [6, 6.07) is 3.57. The first kappa shape index (κ1) is 11.9. The molecule has 0 radical (unpaired) electrons. The van der Waals surface area contributed by atoms with Gasteiger partial charge in [-0.1, -0.05) is 13.3 Å². The molecular formula is C13H16FNO2. The van der Waals surface area contributed by atoms with Gasteiger partial charge < -0.3 is 10.4 Å². The second-order valence-electron chi connectivity index (χ2n) is 4.53. The Morgan fingerprint density at radius 2 is 2.35 bits per heavy atom. The van der Waals surface area contributed by atoms with Gasteiger partial charge in [0.05, 0.1) is 5.56 Å². The predicted octanol–water partition coefficient (Wildman–Crippen LogP) is 2.45. The van der Waals surface area contributed by atoms with E-state index in [4.69, 9.17) is 0 Å². The summed E-state index contributed by atoms with van der Waals surface area (Å²) in [6.07, 6.45) is 3.18. The van der Waals surface area contributed by atoms with Crippen molar-refractivity contribution in [1.29, 1.82) is 0 Å². The smallest absolute Gasteiger partial charge is 0.255 e. The highest BCUT2D eigenvalue weighted by Gasteiger charge is 2.37. The third-order valence-corrected chi connectivity index (χ3v) is 3.10. The average Bonchev–Trinajstić information content (AvgIpc) is 3.00. The number of aromatic hydroxyl groups is 1. The molecule has 1 saturated carbocycles. The summed E-state index contributed by atoms with van der Waals surface area (Å²) in [4.78, 5) is 11.8. The van der Waals surface area contributed by atoms with Crippen LogP contribution in [0, 0.1) is 11.7 Å². The van der Waals surface area contributed by atoms with Crippen LogP contribution in [0.15, 0.2) is 18.2 Å². The molecule has 1 aromatic rings. The Balaban J connectivity index is 1.98. The van der Waals surface area contributed by atoms with Gasteiger partial charge in [0.15, 0.2) is 0 Å². The second-order valence-corrected chi connectivity index (χ2v) is 4.53. The molecule has 4 heteroatoms. The lowest BCUT2D eigenvalue weighted by atomic mass is 10.1. The number of phenols is 1. The first-order valence-corrected chi connectivity index (χ1v) is 5.91. The third-order valence-electron chi connectivity index (χ3n) is 3.10. The zero-order valence-corrected chi connectivity index (χ0v) is 9.74. The van der Waals surface area contributed by atoms with E-state index in [2.05, 4.69) is 12.2 Å². The van der Waals surface area contributed by atoms with Crippen LogP contribution in [0.25, 0.3) is 0 Å². The van der Waals surface area contributed by atoms with E-state index in [0.717, 1.165) is 31.4 Å². The third kappa shape index (κ3) is 2.75. The van der Waals surface area contributed by atoms with Crippen molar-refractivity contribution in [3.8, 4) is 5.75 Å². The number of amides is 1. The number of phenolic OH excluding ortho intramolecular Hbond substituents is 1. The van der Waals surface area contributed by atoms with Crippen LogP contribution in [-0.4, -0.2) is 17.1 Å². The Morgan fingerprint density at radius 1 is 1.59 bits per heavy atom. The maximum Gasteiger partial charge on any atom is 0.255 e. The van der Waals surface area contributed by atoms with Gasteiger partial charge in [-0.3, -0.25) is 4.79 Å². The van der Waals surface area contributed by atoms with Crippen LogP contribution < -0.4 is 5.32 Å². The van der Waals surface area contributed by atoms with Gasteiger partial charge in [-0.25, -0.2) is 4.39 Å². The molecule has 3 nitrogen and oxygen atoms in total. The molecule has 1 fully saturated rings. The molecule has 2 unspecified atom stereocenters. The van der Waals surface area contributed by atoms with Crippen molar-refractivity contribution in [2.75, 3.05) is 0 Å². The van der Waals surface area contributed by atoms with Crippen molar-refractivity contribution in [2.45, 2.75) is 32.2 Å². The summed E-state index contributed by atoms with van der Waals surface area (Å²) < 4.78 is 13.0. The number of carbonyl (C=O) groups is 1. The van der Waals surface area contributed by atoms with E-state index in [1.165, 1.54) is 6.07 Å². The van der Waals surface area contributed by atoms with Gasteiger partial charge in [-0.15, -0.1) is 0 Å². The van der Waals surface area contributed by atoms with Crippen LogP contribution in [0.1, 0.15) is 36.5 Å². The second kappa shape index (κ2) is 4.73. The number of carbonyl (C=O) groups excluding carboxylic acids is 1. The van der Waals surface area contributed by atoms with E-state index in [1.54, 1.807) is 0 Å². The van der Waals surface area contributed by atoms with E-state index < -0.39 is 11.7 Å². The summed E-state index contributed by atoms with van der Waals surface area (Å²) >= 11 is 0. The van der Waals surface area contributed by atoms with Gasteiger partial charge in [0.25, 0.3) is 5.91 Å². The summed E-state index contributed by atoms with van der Waals surface area (Å²) in [6.45, 7) is 2.11. The minimum atomic E-state index is -0.520. The maximum atomic E-state index is 13.0. The molecule has 2 atom stereocenters. The van der Waals surface area contributed by atoms with Crippen LogP contribution in [0.5, 0.6) is 5.75 Å². The van der Waals surface area contributed by atoms with E-state index in [9.17, 15) is 14.3 Å². The molecule has 2 N–H and O–H groups in total. The van der Waals surface area contributed by atoms with Crippen LogP contribution in [-0.2, 0) is 0 Å². The number of benzene rings is 1. The maximum absolute atomic E-state index is 13.0. The zero-order valence-electron chi connectivity index (χ0n) is 9.74. The van der Waals surface area contributed by atoms with Crippen molar-refractivity contribution < 1.29 is 14.3 Å². The summed E-state index contributed by atoms with van der Waals surface area (Å²) in [5.41, 5.74) is 0.00662. The van der Waals surface area contributed by atoms with Gasteiger partial charge in [0, 0.05) is 6.04 Å². The average molecular weight is 237 g/mol. The van der Waals surface area contributed by atoms with Crippen molar-refractivity contribution in [3.63, 3.8) is 0 Å². The quantitative estimate of drug-likeness (QED) is 0.845. The molecule has 2 rings (SSSR count). The lowest BCUT2D eigenvalue weighted by Crippen LogP contribution is -2.27. The predicted molar refractivity (Wildman–Crippen MR) is 62.3 cm³/mol. The van der Waals surface area contributed by atoms with E-state index in [-0.39, 0.29) is 17.4 Å². The van der Waals surface area contributed by atoms with Crippen molar-refractivity contribution in [2.24, 2.45) is 5.92 Å². The lowest BCUT2D eigenvalue weighted by Gasteiger charge is -2.06. The van der Waals surface area contributed by atoms with Gasteiger partial charge in [-0.2, -0.15) is 0 Å².